The molecule has 0 fully saturated rings. The monoisotopic (exact) mass is 335 g/mol. The topological polar surface area (TPSA) is 72.0 Å². The summed E-state index contributed by atoms with van der Waals surface area (Å²) in [6.07, 6.45) is 1.60. The number of hydrogen-bond acceptors (Lipinski definition) is 6. The van der Waals surface area contributed by atoms with Crippen molar-refractivity contribution in [2.45, 2.75) is 26.5 Å². The number of rotatable bonds is 7. The molecule has 6 nitrogen and oxygen atoms in total. The molecule has 25 heavy (non-hydrogen) atoms. The van der Waals surface area contributed by atoms with E-state index in [2.05, 4.69) is 25.8 Å². The predicted octanol–water partition coefficient (Wildman–Crippen LogP) is 4.01. The molecule has 128 valence electrons. The van der Waals surface area contributed by atoms with Crippen LogP contribution in [0.2, 0.25) is 0 Å². The lowest BCUT2D eigenvalue weighted by molar-refractivity contribution is 0.306. The van der Waals surface area contributed by atoms with Gasteiger partial charge in [0.2, 0.25) is 5.95 Å². The van der Waals surface area contributed by atoms with Crippen LogP contribution in [-0.2, 0) is 6.61 Å². The molecule has 0 bridgehead atoms. The van der Waals surface area contributed by atoms with Gasteiger partial charge in [-0.3, -0.25) is 0 Å². The van der Waals surface area contributed by atoms with Crippen molar-refractivity contribution < 1.29 is 4.74 Å². The SMILES string of the molecule is CC(C)Nc1cnnc(Nc2ccc(OCc3ccccc3)cc2)n1. The van der Waals surface area contributed by atoms with E-state index in [0.29, 0.717) is 18.4 Å². The summed E-state index contributed by atoms with van der Waals surface area (Å²) in [5.74, 6) is 1.95. The third kappa shape index (κ3) is 5.17. The van der Waals surface area contributed by atoms with E-state index in [4.69, 9.17) is 4.74 Å². The Labute approximate surface area is 147 Å². The van der Waals surface area contributed by atoms with E-state index in [1.165, 1.54) is 0 Å². The summed E-state index contributed by atoms with van der Waals surface area (Å²) < 4.78 is 5.78. The highest BCUT2D eigenvalue weighted by Gasteiger charge is 2.03. The third-order valence-corrected chi connectivity index (χ3v) is 3.35. The van der Waals surface area contributed by atoms with E-state index >= 15 is 0 Å². The zero-order chi connectivity index (χ0) is 17.5. The molecule has 3 aromatic rings. The number of anilines is 3. The number of ether oxygens (including phenoxy) is 1. The molecule has 2 N–H and O–H groups in total. The second-order valence-corrected chi connectivity index (χ2v) is 5.89. The molecule has 0 spiro atoms. The average molecular weight is 335 g/mol. The van der Waals surface area contributed by atoms with Gasteiger partial charge in [-0.15, -0.1) is 5.10 Å². The van der Waals surface area contributed by atoms with Crippen molar-refractivity contribution in [2.75, 3.05) is 10.6 Å². The molecular formula is C19H21N5O. The first-order valence-corrected chi connectivity index (χ1v) is 8.19. The van der Waals surface area contributed by atoms with Gasteiger partial charge in [-0.05, 0) is 43.7 Å². The smallest absolute Gasteiger partial charge is 0.249 e. The molecule has 2 aromatic carbocycles. The fourth-order valence-electron chi connectivity index (χ4n) is 2.23. The summed E-state index contributed by atoms with van der Waals surface area (Å²) in [6, 6.07) is 18.0. The number of hydrogen-bond donors (Lipinski definition) is 2. The van der Waals surface area contributed by atoms with E-state index in [0.717, 1.165) is 17.0 Å². The first kappa shape index (κ1) is 16.7. The van der Waals surface area contributed by atoms with Crippen LogP contribution >= 0.6 is 0 Å². The highest BCUT2D eigenvalue weighted by atomic mass is 16.5. The lowest BCUT2D eigenvalue weighted by atomic mass is 10.2. The number of benzene rings is 2. The molecule has 0 radical (unpaired) electrons. The van der Waals surface area contributed by atoms with Crippen LogP contribution < -0.4 is 15.4 Å². The Morgan fingerprint density at radius 3 is 2.48 bits per heavy atom. The van der Waals surface area contributed by atoms with Crippen molar-refractivity contribution in [3.05, 3.63) is 66.4 Å². The van der Waals surface area contributed by atoms with Gasteiger partial charge in [0.1, 0.15) is 12.4 Å². The zero-order valence-corrected chi connectivity index (χ0v) is 14.3. The maximum Gasteiger partial charge on any atom is 0.249 e. The minimum atomic E-state index is 0.283. The van der Waals surface area contributed by atoms with Gasteiger partial charge in [-0.25, -0.2) is 0 Å². The number of nitrogens with zero attached hydrogens (tertiary/aromatic N) is 3. The van der Waals surface area contributed by atoms with Gasteiger partial charge in [0.25, 0.3) is 0 Å². The van der Waals surface area contributed by atoms with Crippen LogP contribution in [0.3, 0.4) is 0 Å². The van der Waals surface area contributed by atoms with E-state index < -0.39 is 0 Å². The summed E-state index contributed by atoms with van der Waals surface area (Å²) in [4.78, 5) is 4.38. The maximum atomic E-state index is 5.78. The standard InChI is InChI=1S/C19H21N5O/c1-14(2)21-18-12-20-24-19(23-18)22-16-8-10-17(11-9-16)25-13-15-6-4-3-5-7-15/h3-12,14H,13H2,1-2H3,(H2,21,22,23,24). The molecule has 0 saturated carbocycles. The van der Waals surface area contributed by atoms with Gasteiger partial charge in [-0.2, -0.15) is 10.1 Å². The van der Waals surface area contributed by atoms with Crippen molar-refractivity contribution in [1.82, 2.24) is 15.2 Å². The van der Waals surface area contributed by atoms with Crippen molar-refractivity contribution in [2.24, 2.45) is 0 Å². The molecular weight excluding hydrogens is 314 g/mol. The normalized spacial score (nSPS) is 10.5. The quantitative estimate of drug-likeness (QED) is 0.679. The minimum absolute atomic E-state index is 0.283. The number of aromatic nitrogens is 3. The van der Waals surface area contributed by atoms with Crippen LogP contribution in [0.25, 0.3) is 0 Å². The Kier molecular flexibility index (Phi) is 5.41. The first-order valence-electron chi connectivity index (χ1n) is 8.19. The van der Waals surface area contributed by atoms with Crippen LogP contribution in [0.5, 0.6) is 5.75 Å². The molecule has 1 heterocycles. The fourth-order valence-corrected chi connectivity index (χ4v) is 2.23. The van der Waals surface area contributed by atoms with E-state index in [9.17, 15) is 0 Å². The first-order chi connectivity index (χ1) is 12.2. The lowest BCUT2D eigenvalue weighted by Gasteiger charge is -2.10. The fraction of sp³-hybridized carbons (Fsp3) is 0.211. The second kappa shape index (κ2) is 8.10. The Morgan fingerprint density at radius 2 is 1.76 bits per heavy atom. The van der Waals surface area contributed by atoms with E-state index in [1.54, 1.807) is 6.20 Å². The van der Waals surface area contributed by atoms with Crippen molar-refractivity contribution in [3.8, 4) is 5.75 Å². The molecule has 0 aliphatic heterocycles. The van der Waals surface area contributed by atoms with Gasteiger partial charge < -0.3 is 15.4 Å². The van der Waals surface area contributed by atoms with Gasteiger partial charge in [0.05, 0.1) is 6.20 Å². The second-order valence-electron chi connectivity index (χ2n) is 5.89. The molecule has 0 atom stereocenters. The average Bonchev–Trinajstić information content (AvgIpc) is 2.62. The van der Waals surface area contributed by atoms with Crippen LogP contribution in [0.15, 0.2) is 60.8 Å². The molecule has 1 aromatic heterocycles. The van der Waals surface area contributed by atoms with E-state index in [1.807, 2.05) is 68.4 Å². The van der Waals surface area contributed by atoms with E-state index in [-0.39, 0.29) is 6.04 Å². The Hall–Kier alpha value is -3.15. The maximum absolute atomic E-state index is 5.78. The minimum Gasteiger partial charge on any atom is -0.489 e. The summed E-state index contributed by atoms with van der Waals surface area (Å²) in [5, 5.41) is 14.3. The number of nitrogens with one attached hydrogen (secondary N) is 2. The van der Waals surface area contributed by atoms with Crippen LogP contribution in [0, 0.1) is 0 Å². The highest BCUT2D eigenvalue weighted by Crippen LogP contribution is 2.19. The zero-order valence-electron chi connectivity index (χ0n) is 14.3. The summed E-state index contributed by atoms with van der Waals surface area (Å²) in [7, 11) is 0. The lowest BCUT2D eigenvalue weighted by Crippen LogP contribution is -2.12. The molecule has 0 saturated heterocycles. The molecule has 0 aliphatic carbocycles. The molecule has 0 unspecified atom stereocenters. The van der Waals surface area contributed by atoms with Gasteiger partial charge in [0, 0.05) is 11.7 Å². The van der Waals surface area contributed by atoms with Gasteiger partial charge in [0.15, 0.2) is 5.82 Å². The molecule has 3 rings (SSSR count). The highest BCUT2D eigenvalue weighted by molar-refractivity contribution is 5.55. The van der Waals surface area contributed by atoms with Crippen molar-refractivity contribution in [1.29, 1.82) is 0 Å². The van der Waals surface area contributed by atoms with Gasteiger partial charge >= 0.3 is 0 Å². The Balaban J connectivity index is 1.59. The predicted molar refractivity (Wildman–Crippen MR) is 99.1 cm³/mol. The van der Waals surface area contributed by atoms with Crippen molar-refractivity contribution >= 4 is 17.5 Å². The summed E-state index contributed by atoms with van der Waals surface area (Å²) in [5.41, 5.74) is 2.01. The van der Waals surface area contributed by atoms with Crippen LogP contribution in [-0.4, -0.2) is 21.2 Å². The molecule has 0 amide bonds. The van der Waals surface area contributed by atoms with Crippen LogP contribution in [0.1, 0.15) is 19.4 Å². The summed E-state index contributed by atoms with van der Waals surface area (Å²) >= 11 is 0. The summed E-state index contributed by atoms with van der Waals surface area (Å²) in [6.45, 7) is 4.64. The Bertz CT molecular complexity index is 790. The van der Waals surface area contributed by atoms with Crippen molar-refractivity contribution in [3.63, 3.8) is 0 Å². The molecule has 6 heteroatoms. The Morgan fingerprint density at radius 1 is 1.00 bits per heavy atom. The third-order valence-electron chi connectivity index (χ3n) is 3.35. The van der Waals surface area contributed by atoms with Gasteiger partial charge in [-0.1, -0.05) is 30.3 Å². The largest absolute Gasteiger partial charge is 0.489 e. The molecule has 0 aliphatic rings. The van der Waals surface area contributed by atoms with Crippen LogP contribution in [0.4, 0.5) is 17.5 Å².